The van der Waals surface area contributed by atoms with E-state index in [0.717, 1.165) is 6.08 Å². The summed E-state index contributed by atoms with van der Waals surface area (Å²) in [6.07, 6.45) is -2.38. The van der Waals surface area contributed by atoms with Crippen molar-refractivity contribution < 1.29 is 27.2 Å². The van der Waals surface area contributed by atoms with E-state index in [9.17, 15) is 27.2 Å². The SMILES string of the molecule is CC1(C)[C@H]2CC[C@]1(C)C(=O)/C2=C/C(=O)c1cc(F)ccc1C(F)(F)F. The summed E-state index contributed by atoms with van der Waals surface area (Å²) < 4.78 is 52.7. The Morgan fingerprint density at radius 3 is 2.40 bits per heavy atom. The van der Waals surface area contributed by atoms with Crippen LogP contribution in [0.2, 0.25) is 0 Å². The monoisotopic (exact) mass is 354 g/mol. The van der Waals surface area contributed by atoms with Crippen LogP contribution in [0, 0.1) is 22.6 Å². The molecule has 2 aliphatic carbocycles. The lowest BCUT2D eigenvalue weighted by molar-refractivity contribution is -0.137. The number of hydrogen-bond acceptors (Lipinski definition) is 2. The van der Waals surface area contributed by atoms with Gasteiger partial charge in [0.2, 0.25) is 0 Å². The van der Waals surface area contributed by atoms with Crippen molar-refractivity contribution in [2.45, 2.75) is 39.8 Å². The normalized spacial score (nSPS) is 29.5. The molecule has 0 radical (unpaired) electrons. The first kappa shape index (κ1) is 17.8. The van der Waals surface area contributed by atoms with Gasteiger partial charge >= 0.3 is 6.18 Å². The summed E-state index contributed by atoms with van der Waals surface area (Å²) >= 11 is 0. The number of carbonyl (C=O) groups is 2. The Balaban J connectivity index is 2.06. The predicted molar refractivity (Wildman–Crippen MR) is 83.4 cm³/mol. The molecule has 2 fully saturated rings. The molecule has 134 valence electrons. The van der Waals surface area contributed by atoms with Gasteiger partial charge < -0.3 is 0 Å². The Bertz CT molecular complexity index is 804. The molecule has 2 nitrogen and oxygen atoms in total. The third-order valence-electron chi connectivity index (χ3n) is 6.20. The molecule has 2 saturated carbocycles. The van der Waals surface area contributed by atoms with E-state index in [2.05, 4.69) is 0 Å². The molecule has 0 amide bonds. The van der Waals surface area contributed by atoms with Gasteiger partial charge in [-0.1, -0.05) is 20.8 Å². The number of carbonyl (C=O) groups excluding carboxylic acids is 2. The van der Waals surface area contributed by atoms with Gasteiger partial charge in [-0.15, -0.1) is 0 Å². The van der Waals surface area contributed by atoms with Crippen LogP contribution in [-0.4, -0.2) is 11.6 Å². The molecule has 0 N–H and O–H groups in total. The maximum absolute atomic E-state index is 13.4. The summed E-state index contributed by atoms with van der Waals surface area (Å²) in [5, 5.41) is 0. The van der Waals surface area contributed by atoms with Gasteiger partial charge in [-0.05, 0) is 48.4 Å². The van der Waals surface area contributed by atoms with Crippen LogP contribution in [0.3, 0.4) is 0 Å². The zero-order chi connectivity index (χ0) is 18.8. The van der Waals surface area contributed by atoms with Gasteiger partial charge in [-0.3, -0.25) is 9.59 Å². The summed E-state index contributed by atoms with van der Waals surface area (Å²) in [5.74, 6) is -2.27. The maximum atomic E-state index is 13.4. The third kappa shape index (κ3) is 2.45. The second kappa shape index (κ2) is 5.26. The molecule has 2 atom stereocenters. The van der Waals surface area contributed by atoms with Gasteiger partial charge in [0.1, 0.15) is 5.82 Å². The molecule has 6 heteroatoms. The van der Waals surface area contributed by atoms with Crippen molar-refractivity contribution in [1.82, 2.24) is 0 Å². The molecular formula is C19H18F4O2. The number of alkyl halides is 3. The molecule has 2 bridgehead atoms. The lowest BCUT2D eigenvalue weighted by Gasteiger charge is -2.31. The standard InChI is InChI=1S/C19H18F4O2/c1-17(2)13-6-7-18(17,3)16(25)12(13)9-15(24)11-8-10(20)4-5-14(11)19(21,22)23/h4-5,8-9,13H,6-7H2,1-3H3/b12-9+/t13-,18+/m0/s1. The molecule has 2 aliphatic rings. The van der Waals surface area contributed by atoms with Gasteiger partial charge in [0.15, 0.2) is 11.6 Å². The number of benzene rings is 1. The minimum Gasteiger partial charge on any atom is -0.294 e. The van der Waals surface area contributed by atoms with Gasteiger partial charge in [-0.2, -0.15) is 13.2 Å². The van der Waals surface area contributed by atoms with Crippen LogP contribution in [0.4, 0.5) is 17.6 Å². The van der Waals surface area contributed by atoms with E-state index < -0.39 is 34.3 Å². The molecule has 0 spiro atoms. The molecule has 0 unspecified atom stereocenters. The van der Waals surface area contributed by atoms with Gasteiger partial charge in [0, 0.05) is 16.6 Å². The smallest absolute Gasteiger partial charge is 0.294 e. The fraction of sp³-hybridized carbons (Fsp3) is 0.474. The average molecular weight is 354 g/mol. The highest BCUT2D eigenvalue weighted by atomic mass is 19.4. The van der Waals surface area contributed by atoms with Crippen LogP contribution in [0.5, 0.6) is 0 Å². The lowest BCUT2D eigenvalue weighted by Crippen LogP contribution is -2.32. The molecular weight excluding hydrogens is 336 g/mol. The summed E-state index contributed by atoms with van der Waals surface area (Å²) in [4.78, 5) is 25.2. The molecule has 0 aromatic heterocycles. The lowest BCUT2D eigenvalue weighted by atomic mass is 9.70. The number of allylic oxidation sites excluding steroid dienone is 2. The predicted octanol–water partition coefficient (Wildman–Crippen LogP) is 4.98. The summed E-state index contributed by atoms with van der Waals surface area (Å²) in [7, 11) is 0. The Labute approximate surface area is 142 Å². The molecule has 0 heterocycles. The molecule has 25 heavy (non-hydrogen) atoms. The Morgan fingerprint density at radius 1 is 1.24 bits per heavy atom. The van der Waals surface area contributed by atoms with Gasteiger partial charge in [0.05, 0.1) is 5.56 Å². The molecule has 0 aliphatic heterocycles. The summed E-state index contributed by atoms with van der Waals surface area (Å²) in [6, 6.07) is 1.79. The van der Waals surface area contributed by atoms with Crippen LogP contribution in [0.25, 0.3) is 0 Å². The van der Waals surface area contributed by atoms with Gasteiger partial charge in [-0.25, -0.2) is 4.39 Å². The molecule has 1 aromatic rings. The van der Waals surface area contributed by atoms with Crippen molar-refractivity contribution in [3.63, 3.8) is 0 Å². The first-order chi connectivity index (χ1) is 11.4. The minimum absolute atomic E-state index is 0.170. The zero-order valence-corrected chi connectivity index (χ0v) is 14.1. The Morgan fingerprint density at radius 2 is 1.88 bits per heavy atom. The fourth-order valence-corrected chi connectivity index (χ4v) is 4.28. The van der Waals surface area contributed by atoms with Crippen molar-refractivity contribution in [2.75, 3.05) is 0 Å². The topological polar surface area (TPSA) is 34.1 Å². The zero-order valence-electron chi connectivity index (χ0n) is 14.1. The van der Waals surface area contributed by atoms with Crippen LogP contribution in [0.1, 0.15) is 49.5 Å². The molecule has 1 aromatic carbocycles. The van der Waals surface area contributed by atoms with E-state index in [1.807, 2.05) is 20.8 Å². The largest absolute Gasteiger partial charge is 0.417 e. The van der Waals surface area contributed by atoms with Crippen LogP contribution in [-0.2, 0) is 11.0 Å². The number of hydrogen-bond donors (Lipinski definition) is 0. The summed E-state index contributed by atoms with van der Waals surface area (Å²) in [6.45, 7) is 5.72. The van der Waals surface area contributed by atoms with Crippen molar-refractivity contribution in [3.8, 4) is 0 Å². The van der Waals surface area contributed by atoms with E-state index in [-0.39, 0.29) is 22.7 Å². The second-order valence-corrected chi connectivity index (χ2v) is 7.63. The van der Waals surface area contributed by atoms with Crippen molar-refractivity contribution in [2.24, 2.45) is 16.7 Å². The first-order valence-corrected chi connectivity index (χ1v) is 8.07. The van der Waals surface area contributed by atoms with Crippen molar-refractivity contribution in [3.05, 3.63) is 46.8 Å². The number of ketones is 2. The van der Waals surface area contributed by atoms with Crippen LogP contribution in [0.15, 0.2) is 29.8 Å². The quantitative estimate of drug-likeness (QED) is 0.426. The maximum Gasteiger partial charge on any atom is 0.417 e. The van der Waals surface area contributed by atoms with E-state index in [1.165, 1.54) is 0 Å². The first-order valence-electron chi connectivity index (χ1n) is 8.07. The average Bonchev–Trinajstić information content (AvgIpc) is 2.80. The Kier molecular flexibility index (Phi) is 3.75. The van der Waals surface area contributed by atoms with Crippen molar-refractivity contribution in [1.29, 1.82) is 0 Å². The molecule has 3 rings (SSSR count). The van der Waals surface area contributed by atoms with E-state index in [1.54, 1.807) is 0 Å². The number of rotatable bonds is 2. The number of Topliss-reactive ketones (excluding diaryl/α,β-unsaturated/α-hetero) is 1. The van der Waals surface area contributed by atoms with Crippen molar-refractivity contribution >= 4 is 11.6 Å². The minimum atomic E-state index is -4.78. The second-order valence-electron chi connectivity index (χ2n) is 7.63. The van der Waals surface area contributed by atoms with E-state index in [0.29, 0.717) is 31.0 Å². The Hall–Kier alpha value is -1.98. The van der Waals surface area contributed by atoms with Crippen LogP contribution < -0.4 is 0 Å². The highest BCUT2D eigenvalue weighted by molar-refractivity contribution is 6.13. The highest BCUT2D eigenvalue weighted by Gasteiger charge is 2.64. The molecule has 0 saturated heterocycles. The highest BCUT2D eigenvalue weighted by Crippen LogP contribution is 2.65. The summed E-state index contributed by atoms with van der Waals surface area (Å²) in [5.41, 5.74) is -2.67. The van der Waals surface area contributed by atoms with Gasteiger partial charge in [0.25, 0.3) is 0 Å². The fourth-order valence-electron chi connectivity index (χ4n) is 4.28. The number of halogens is 4. The van der Waals surface area contributed by atoms with E-state index in [4.69, 9.17) is 0 Å². The third-order valence-corrected chi connectivity index (χ3v) is 6.20. The van der Waals surface area contributed by atoms with E-state index >= 15 is 0 Å². The number of fused-ring (bicyclic) bond motifs is 2. The van der Waals surface area contributed by atoms with Crippen LogP contribution >= 0.6 is 0 Å².